The quantitative estimate of drug-likeness (QED) is 0.128. The third kappa shape index (κ3) is 9.04. The molecular formula is C48H78O19. The normalized spacial score (nSPS) is 53.6. The molecular weight excluding hydrogens is 881 g/mol. The molecule has 0 amide bonds. The van der Waals surface area contributed by atoms with E-state index in [-0.39, 0.29) is 37.3 Å². The number of aliphatic hydroxyl groups is 7. The highest BCUT2D eigenvalue weighted by Gasteiger charge is 2.75. The first kappa shape index (κ1) is 52.0. The molecule has 19 heteroatoms. The Hall–Kier alpha value is -1.31. The number of rotatable bonds is 13. The molecule has 0 aromatic rings. The molecule has 4 saturated heterocycles. The Morgan fingerprint density at radius 1 is 0.716 bits per heavy atom. The second-order valence-corrected chi connectivity index (χ2v) is 21.3. The van der Waals surface area contributed by atoms with E-state index in [0.717, 1.165) is 5.57 Å². The van der Waals surface area contributed by atoms with Gasteiger partial charge in [-0.3, -0.25) is 4.79 Å². The van der Waals surface area contributed by atoms with E-state index >= 15 is 0 Å². The summed E-state index contributed by atoms with van der Waals surface area (Å²) in [6.07, 6.45) is -8.89. The van der Waals surface area contributed by atoms with Gasteiger partial charge in [-0.1, -0.05) is 25.5 Å². The van der Waals surface area contributed by atoms with E-state index in [2.05, 4.69) is 6.92 Å². The topological polar surface area (TPSA) is 260 Å². The highest BCUT2D eigenvalue weighted by atomic mass is 16.8. The van der Waals surface area contributed by atoms with Gasteiger partial charge in [-0.05, 0) is 78.1 Å². The molecule has 7 fully saturated rings. The zero-order valence-electron chi connectivity index (χ0n) is 40.5. The number of carbonyl (C=O) groups excluding carboxylic acids is 1. The van der Waals surface area contributed by atoms with Crippen LogP contribution >= 0.6 is 0 Å². The van der Waals surface area contributed by atoms with Gasteiger partial charge in [0.15, 0.2) is 25.2 Å². The van der Waals surface area contributed by atoms with E-state index in [0.29, 0.717) is 44.9 Å². The van der Waals surface area contributed by atoms with Crippen LogP contribution in [-0.4, -0.2) is 197 Å². The van der Waals surface area contributed by atoms with E-state index in [9.17, 15) is 40.5 Å². The van der Waals surface area contributed by atoms with E-state index in [1.165, 1.54) is 7.11 Å². The van der Waals surface area contributed by atoms with Gasteiger partial charge in [0.2, 0.25) is 0 Å². The van der Waals surface area contributed by atoms with Gasteiger partial charge in [-0.15, -0.1) is 0 Å². The predicted molar refractivity (Wildman–Crippen MR) is 233 cm³/mol. The highest BCUT2D eigenvalue weighted by molar-refractivity contribution is 5.80. The van der Waals surface area contributed by atoms with E-state index in [1.807, 2.05) is 26.8 Å². The Labute approximate surface area is 393 Å². The lowest BCUT2D eigenvalue weighted by Crippen LogP contribution is -2.75. The van der Waals surface area contributed by atoms with Crippen molar-refractivity contribution >= 4 is 5.78 Å². The fourth-order valence-electron chi connectivity index (χ4n) is 14.0. The maximum absolute atomic E-state index is 12.7. The Kier molecular flexibility index (Phi) is 15.5. The van der Waals surface area contributed by atoms with Crippen LogP contribution in [0.5, 0.6) is 0 Å². The van der Waals surface area contributed by atoms with Crippen molar-refractivity contribution in [2.45, 2.75) is 234 Å². The molecule has 8 aliphatic rings. The van der Waals surface area contributed by atoms with Crippen molar-refractivity contribution in [1.82, 2.24) is 0 Å². The van der Waals surface area contributed by atoms with Crippen LogP contribution in [0.1, 0.15) is 106 Å². The van der Waals surface area contributed by atoms with Gasteiger partial charge in [-0.2, -0.15) is 0 Å². The summed E-state index contributed by atoms with van der Waals surface area (Å²) in [4.78, 5) is 12.7. The first-order chi connectivity index (χ1) is 31.7. The van der Waals surface area contributed by atoms with E-state index < -0.39 is 145 Å². The molecule has 19 nitrogen and oxygen atoms in total. The van der Waals surface area contributed by atoms with Crippen LogP contribution in [0, 0.1) is 22.7 Å². The first-order valence-corrected chi connectivity index (χ1v) is 24.5. The fraction of sp³-hybridized carbons (Fsp3) is 0.938. The summed E-state index contributed by atoms with van der Waals surface area (Å²) < 4.78 is 68.3. The molecule has 0 aromatic heterocycles. The van der Waals surface area contributed by atoms with Crippen molar-refractivity contribution in [2.24, 2.45) is 22.7 Å². The molecule has 4 aliphatic heterocycles. The molecule has 25 unspecified atom stereocenters. The molecule has 8 rings (SSSR count). The van der Waals surface area contributed by atoms with E-state index in [1.54, 1.807) is 28.1 Å². The van der Waals surface area contributed by atoms with Crippen molar-refractivity contribution in [2.75, 3.05) is 27.9 Å². The molecule has 3 saturated carbocycles. The summed E-state index contributed by atoms with van der Waals surface area (Å²) in [7, 11) is 4.75. The van der Waals surface area contributed by atoms with Crippen molar-refractivity contribution in [3.05, 3.63) is 11.6 Å². The van der Waals surface area contributed by atoms with Gasteiger partial charge >= 0.3 is 0 Å². The van der Waals surface area contributed by atoms with Crippen LogP contribution in [0.25, 0.3) is 0 Å². The summed E-state index contributed by atoms with van der Waals surface area (Å²) in [5.74, 6) is -1.02. The standard InChI is InChI=1S/C48H78O19/c1-22(50)28-12-15-48(56)46(28,6)20-29(51)43-45(5)13-11-27(16-26(45)10-14-47(43,48)55)63-34-17-30(57-7)40(23(2)60-34)65-35-18-31(58-8)41(24(3)61-35)66-36-19-32(59-9)42(25(4)62-36)67-44-39(54)38(53)37(52)33(21-49)64-44/h10,23-25,27-44,49,51-56H,11-21H2,1-9H3. The number of fused-ring (bicyclic) bond motifs is 5. The van der Waals surface area contributed by atoms with Crippen molar-refractivity contribution < 1.29 is 92.6 Å². The molecule has 25 atom stereocenters. The number of carbonyl (C=O) groups is 1. The highest BCUT2D eigenvalue weighted by Crippen LogP contribution is 2.69. The van der Waals surface area contributed by atoms with Crippen molar-refractivity contribution in [3.63, 3.8) is 0 Å². The summed E-state index contributed by atoms with van der Waals surface area (Å²) in [5.41, 5.74) is -3.46. The first-order valence-electron chi connectivity index (χ1n) is 24.5. The minimum Gasteiger partial charge on any atom is -0.394 e. The number of hydrogen-bond donors (Lipinski definition) is 7. The van der Waals surface area contributed by atoms with Gasteiger partial charge in [-0.25, -0.2) is 0 Å². The number of hydrogen-bond acceptors (Lipinski definition) is 19. The van der Waals surface area contributed by atoms with Gasteiger partial charge in [0.25, 0.3) is 0 Å². The molecule has 0 bridgehead atoms. The minimum atomic E-state index is -1.59. The smallest absolute Gasteiger partial charge is 0.187 e. The van der Waals surface area contributed by atoms with Crippen molar-refractivity contribution in [3.8, 4) is 0 Å². The average Bonchev–Trinajstić information content (AvgIpc) is 3.56. The Morgan fingerprint density at radius 3 is 1.75 bits per heavy atom. The van der Waals surface area contributed by atoms with Gasteiger partial charge in [0.1, 0.15) is 59.7 Å². The van der Waals surface area contributed by atoms with Crippen LogP contribution in [-0.2, 0) is 56.9 Å². The lowest BCUT2D eigenvalue weighted by molar-refractivity contribution is -0.357. The molecule has 4 aliphatic carbocycles. The summed E-state index contributed by atoms with van der Waals surface area (Å²) in [6.45, 7) is 10.5. The SMILES string of the molecule is COC1CC(OC2CCC3(C)C(=CCC4(O)C3C(O)CC3(C)C(C(C)=O)CCC34O)C2)OC(C)C1OC1CC(OC)C(OC2CC(OC)C(OC3OC(CO)C(O)C(O)C3O)C(C)O2)C(C)O1. The van der Waals surface area contributed by atoms with Gasteiger partial charge < -0.3 is 87.9 Å². The van der Waals surface area contributed by atoms with Crippen LogP contribution < -0.4 is 0 Å². The number of methoxy groups -OCH3 is 3. The lowest BCUT2D eigenvalue weighted by atomic mass is 9.43. The van der Waals surface area contributed by atoms with E-state index in [4.69, 9.17) is 52.1 Å². The molecule has 384 valence electrons. The Bertz CT molecular complexity index is 1750. The molecule has 7 N–H and O–H groups in total. The monoisotopic (exact) mass is 959 g/mol. The Balaban J connectivity index is 0.847. The zero-order valence-corrected chi connectivity index (χ0v) is 40.5. The lowest BCUT2D eigenvalue weighted by Gasteiger charge is -2.66. The van der Waals surface area contributed by atoms with Gasteiger partial charge in [0, 0.05) is 57.8 Å². The third-order valence-electron chi connectivity index (χ3n) is 17.6. The maximum Gasteiger partial charge on any atom is 0.187 e. The second-order valence-electron chi connectivity index (χ2n) is 21.3. The number of ether oxygens (including phenoxy) is 11. The Morgan fingerprint density at radius 2 is 1.24 bits per heavy atom. The largest absolute Gasteiger partial charge is 0.394 e. The fourth-order valence-corrected chi connectivity index (χ4v) is 14.0. The summed E-state index contributed by atoms with van der Waals surface area (Å²) >= 11 is 0. The van der Waals surface area contributed by atoms with Crippen LogP contribution in [0.4, 0.5) is 0 Å². The van der Waals surface area contributed by atoms with Gasteiger partial charge in [0.05, 0.1) is 55.4 Å². The summed E-state index contributed by atoms with van der Waals surface area (Å²) in [6, 6.07) is 0. The predicted octanol–water partition coefficient (Wildman–Crippen LogP) is 1.15. The second kappa shape index (κ2) is 19.9. The van der Waals surface area contributed by atoms with Crippen LogP contribution in [0.3, 0.4) is 0 Å². The molecule has 0 aromatic carbocycles. The molecule has 4 heterocycles. The number of aliphatic hydroxyl groups excluding tert-OH is 5. The third-order valence-corrected chi connectivity index (χ3v) is 17.6. The number of Topliss-reactive ketones (excluding diaryl/α,β-unsaturated/α-hetero) is 1. The number of ketones is 1. The minimum absolute atomic E-state index is 0.0135. The average molecular weight is 959 g/mol. The molecule has 67 heavy (non-hydrogen) atoms. The maximum atomic E-state index is 12.7. The summed E-state index contributed by atoms with van der Waals surface area (Å²) in [5, 5.41) is 77.5. The zero-order chi connectivity index (χ0) is 48.5. The molecule has 0 radical (unpaired) electrons. The van der Waals surface area contributed by atoms with Crippen LogP contribution in [0.15, 0.2) is 11.6 Å². The van der Waals surface area contributed by atoms with Crippen LogP contribution in [0.2, 0.25) is 0 Å². The van der Waals surface area contributed by atoms with Crippen molar-refractivity contribution in [1.29, 1.82) is 0 Å². The molecule has 0 spiro atoms.